The van der Waals surface area contributed by atoms with Crippen LogP contribution in [-0.2, 0) is 7.05 Å². The minimum atomic E-state index is 0.444. The van der Waals surface area contributed by atoms with E-state index < -0.39 is 0 Å². The van der Waals surface area contributed by atoms with E-state index in [4.69, 9.17) is 10.5 Å². The lowest BCUT2D eigenvalue weighted by Crippen LogP contribution is -1.96. The molecule has 0 aliphatic rings. The van der Waals surface area contributed by atoms with Crippen molar-refractivity contribution in [2.75, 3.05) is 12.8 Å². The number of methoxy groups -OCH3 is 1. The largest absolute Gasteiger partial charge is 0.480 e. The highest BCUT2D eigenvalue weighted by molar-refractivity contribution is 7.99. The van der Waals surface area contributed by atoms with Crippen molar-refractivity contribution in [2.45, 2.75) is 10.2 Å². The third-order valence-electron chi connectivity index (χ3n) is 2.03. The summed E-state index contributed by atoms with van der Waals surface area (Å²) >= 11 is 1.46. The van der Waals surface area contributed by atoms with Crippen molar-refractivity contribution in [3.05, 3.63) is 24.5 Å². The first-order chi connectivity index (χ1) is 7.70. The normalized spacial score (nSPS) is 10.4. The molecule has 0 radical (unpaired) electrons. The van der Waals surface area contributed by atoms with Gasteiger partial charge in [-0.05, 0) is 23.9 Å². The zero-order valence-corrected chi connectivity index (χ0v) is 9.86. The molecule has 0 aliphatic heterocycles. The van der Waals surface area contributed by atoms with Gasteiger partial charge < -0.3 is 15.0 Å². The number of nitrogen functional groups attached to an aromatic ring is 1. The maximum Gasteiger partial charge on any atom is 0.237 e. The standard InChI is InChI=1S/C10H12N4OS/c1-14-6-5-12-10(14)16-8-4-3-7(11)9(13-8)15-2/h3-6H,11H2,1-2H3. The summed E-state index contributed by atoms with van der Waals surface area (Å²) in [5.41, 5.74) is 6.22. The third-order valence-corrected chi connectivity index (χ3v) is 3.04. The van der Waals surface area contributed by atoms with Gasteiger partial charge in [-0.15, -0.1) is 0 Å². The van der Waals surface area contributed by atoms with Crippen LogP contribution >= 0.6 is 11.8 Å². The Morgan fingerprint density at radius 1 is 1.44 bits per heavy atom. The minimum Gasteiger partial charge on any atom is -0.480 e. The number of anilines is 1. The molecule has 0 aliphatic carbocycles. The van der Waals surface area contributed by atoms with Gasteiger partial charge in [0.15, 0.2) is 5.16 Å². The highest BCUT2D eigenvalue weighted by Gasteiger charge is 2.07. The van der Waals surface area contributed by atoms with Crippen LogP contribution in [0.1, 0.15) is 0 Å². The molecule has 2 rings (SSSR count). The van der Waals surface area contributed by atoms with E-state index in [-0.39, 0.29) is 0 Å². The number of hydrogen-bond donors (Lipinski definition) is 1. The van der Waals surface area contributed by atoms with Crippen LogP contribution in [-0.4, -0.2) is 21.6 Å². The number of rotatable bonds is 3. The number of nitrogens with two attached hydrogens (primary N) is 1. The van der Waals surface area contributed by atoms with Gasteiger partial charge in [0.1, 0.15) is 5.03 Å². The quantitative estimate of drug-likeness (QED) is 0.876. The molecule has 0 amide bonds. The fourth-order valence-electron chi connectivity index (χ4n) is 1.20. The number of hydrogen-bond acceptors (Lipinski definition) is 5. The lowest BCUT2D eigenvalue weighted by Gasteiger charge is -2.05. The van der Waals surface area contributed by atoms with Crippen molar-refractivity contribution in [3.63, 3.8) is 0 Å². The fraction of sp³-hybridized carbons (Fsp3) is 0.200. The fourth-order valence-corrected chi connectivity index (χ4v) is 1.97. The molecule has 16 heavy (non-hydrogen) atoms. The summed E-state index contributed by atoms with van der Waals surface area (Å²) < 4.78 is 6.98. The van der Waals surface area contributed by atoms with Gasteiger partial charge in [-0.1, -0.05) is 0 Å². The van der Waals surface area contributed by atoms with Crippen LogP contribution in [0.2, 0.25) is 0 Å². The molecule has 0 spiro atoms. The van der Waals surface area contributed by atoms with Crippen molar-refractivity contribution >= 4 is 17.4 Å². The monoisotopic (exact) mass is 236 g/mol. The Hall–Kier alpha value is -1.69. The smallest absolute Gasteiger partial charge is 0.237 e. The Bertz CT molecular complexity index is 497. The maximum absolute atomic E-state index is 5.69. The van der Waals surface area contributed by atoms with Crippen LogP contribution in [0.15, 0.2) is 34.7 Å². The number of pyridine rings is 1. The molecule has 0 saturated heterocycles. The number of imidazole rings is 1. The Morgan fingerprint density at radius 3 is 2.88 bits per heavy atom. The molecular weight excluding hydrogens is 224 g/mol. The van der Waals surface area contributed by atoms with Gasteiger partial charge in [0.2, 0.25) is 5.88 Å². The van der Waals surface area contributed by atoms with Crippen LogP contribution in [0, 0.1) is 0 Å². The molecule has 6 heteroatoms. The summed E-state index contributed by atoms with van der Waals surface area (Å²) in [6.45, 7) is 0. The Balaban J connectivity index is 2.25. The van der Waals surface area contributed by atoms with E-state index in [1.54, 1.807) is 19.4 Å². The Morgan fingerprint density at radius 2 is 2.25 bits per heavy atom. The summed E-state index contributed by atoms with van der Waals surface area (Å²) in [7, 11) is 3.48. The van der Waals surface area contributed by atoms with E-state index >= 15 is 0 Å². The van der Waals surface area contributed by atoms with Crippen LogP contribution in [0.25, 0.3) is 0 Å². The van der Waals surface area contributed by atoms with Gasteiger partial charge in [0, 0.05) is 19.4 Å². The van der Waals surface area contributed by atoms with E-state index in [0.717, 1.165) is 10.2 Å². The lowest BCUT2D eigenvalue weighted by molar-refractivity contribution is 0.397. The van der Waals surface area contributed by atoms with Gasteiger partial charge in [-0.3, -0.25) is 0 Å². The molecule has 0 bridgehead atoms. The topological polar surface area (TPSA) is 66.0 Å². The minimum absolute atomic E-state index is 0.444. The van der Waals surface area contributed by atoms with Crippen molar-refractivity contribution in [2.24, 2.45) is 7.05 Å². The SMILES string of the molecule is COc1nc(Sc2nccn2C)ccc1N. The summed E-state index contributed by atoms with van der Waals surface area (Å²) in [4.78, 5) is 8.47. The Labute approximate surface area is 97.7 Å². The summed E-state index contributed by atoms with van der Waals surface area (Å²) in [6, 6.07) is 3.62. The predicted molar refractivity (Wildman–Crippen MR) is 62.5 cm³/mol. The molecule has 0 unspecified atom stereocenters. The summed E-state index contributed by atoms with van der Waals surface area (Å²) in [6.07, 6.45) is 3.63. The van der Waals surface area contributed by atoms with Crippen LogP contribution < -0.4 is 10.5 Å². The highest BCUT2D eigenvalue weighted by atomic mass is 32.2. The zero-order chi connectivity index (χ0) is 11.5. The molecule has 2 aromatic rings. The first-order valence-electron chi connectivity index (χ1n) is 4.66. The van der Waals surface area contributed by atoms with Crippen LogP contribution in [0.5, 0.6) is 5.88 Å². The molecule has 0 atom stereocenters. The van der Waals surface area contributed by atoms with E-state index in [1.807, 2.05) is 23.9 Å². The molecule has 84 valence electrons. The number of aromatic nitrogens is 3. The average Bonchev–Trinajstić information content (AvgIpc) is 2.67. The molecule has 2 N–H and O–H groups in total. The van der Waals surface area contributed by atoms with E-state index in [1.165, 1.54) is 11.8 Å². The van der Waals surface area contributed by atoms with E-state index in [0.29, 0.717) is 11.6 Å². The van der Waals surface area contributed by atoms with E-state index in [2.05, 4.69) is 9.97 Å². The number of ether oxygens (including phenoxy) is 1. The summed E-state index contributed by atoms with van der Waals surface area (Å²) in [5.74, 6) is 0.444. The number of aryl methyl sites for hydroxylation is 1. The second-order valence-electron chi connectivity index (χ2n) is 3.17. The molecule has 0 saturated carbocycles. The molecular formula is C10H12N4OS. The first-order valence-corrected chi connectivity index (χ1v) is 5.48. The molecule has 5 nitrogen and oxygen atoms in total. The van der Waals surface area contributed by atoms with Crippen molar-refractivity contribution < 1.29 is 4.74 Å². The average molecular weight is 236 g/mol. The molecule has 0 aromatic carbocycles. The first kappa shape index (κ1) is 10.8. The van der Waals surface area contributed by atoms with Gasteiger partial charge in [0.05, 0.1) is 12.8 Å². The van der Waals surface area contributed by atoms with E-state index in [9.17, 15) is 0 Å². The molecule has 0 fully saturated rings. The van der Waals surface area contributed by atoms with Crippen molar-refractivity contribution in [1.82, 2.24) is 14.5 Å². The van der Waals surface area contributed by atoms with Gasteiger partial charge >= 0.3 is 0 Å². The second kappa shape index (κ2) is 4.44. The van der Waals surface area contributed by atoms with Gasteiger partial charge in [0.25, 0.3) is 0 Å². The second-order valence-corrected chi connectivity index (χ2v) is 4.16. The Kier molecular flexibility index (Phi) is 3.00. The third kappa shape index (κ3) is 2.11. The molecule has 2 aromatic heterocycles. The van der Waals surface area contributed by atoms with Crippen LogP contribution in [0.3, 0.4) is 0 Å². The molecule has 2 heterocycles. The van der Waals surface area contributed by atoms with Gasteiger partial charge in [-0.2, -0.15) is 0 Å². The van der Waals surface area contributed by atoms with Gasteiger partial charge in [-0.25, -0.2) is 9.97 Å². The highest BCUT2D eigenvalue weighted by Crippen LogP contribution is 2.28. The number of nitrogens with zero attached hydrogens (tertiary/aromatic N) is 3. The maximum atomic E-state index is 5.69. The van der Waals surface area contributed by atoms with Crippen LogP contribution in [0.4, 0.5) is 5.69 Å². The predicted octanol–water partition coefficient (Wildman–Crippen LogP) is 1.56. The van der Waals surface area contributed by atoms with Crippen molar-refractivity contribution in [3.8, 4) is 5.88 Å². The summed E-state index contributed by atoms with van der Waals surface area (Å²) in [5, 5.41) is 1.68. The zero-order valence-electron chi connectivity index (χ0n) is 9.04. The van der Waals surface area contributed by atoms with Crippen molar-refractivity contribution in [1.29, 1.82) is 0 Å². The lowest BCUT2D eigenvalue weighted by atomic mass is 10.4.